The highest BCUT2D eigenvalue weighted by atomic mass is 35.5. The third kappa shape index (κ3) is 109. The zero-order valence-electron chi connectivity index (χ0n) is 72.9. The number of carboxylic acid groups (broad SMARTS) is 1. The minimum absolute atomic E-state index is 0. The number of carbonyl (C=O) groups is 10. The van der Waals surface area contributed by atoms with E-state index in [2.05, 4.69) is 120 Å². The number of imide groups is 2. The Balaban J connectivity index is -0.000000393. The number of halogens is 5. The van der Waals surface area contributed by atoms with Gasteiger partial charge >= 0.3 is 40.8 Å². The Kier molecular flexibility index (Phi) is 107. The van der Waals surface area contributed by atoms with Crippen LogP contribution < -0.4 is 22.1 Å². The molecule has 0 aromatic carbocycles. The maximum atomic E-state index is 12.1. The van der Waals surface area contributed by atoms with E-state index in [1.54, 1.807) is 0 Å². The number of hydrogen-bond donors (Lipinski definition) is 5. The summed E-state index contributed by atoms with van der Waals surface area (Å²) in [5, 5.41) is 10.8. The van der Waals surface area contributed by atoms with Gasteiger partial charge in [0.05, 0.1) is 29.8 Å². The monoisotopic (exact) mass is 1790 g/mol. The number of alkyl carbamates (subject to hydrolysis) is 2. The fourth-order valence-electron chi connectivity index (χ4n) is 12.6. The molecule has 2 aliphatic rings. The van der Waals surface area contributed by atoms with Gasteiger partial charge in [-0.15, -0.1) is 23.2 Å². The largest absolute Gasteiger partial charge is 0.481 e. The van der Waals surface area contributed by atoms with Crippen molar-refractivity contribution in [3.05, 3.63) is 48.6 Å². The van der Waals surface area contributed by atoms with E-state index in [-0.39, 0.29) is 88.1 Å². The van der Waals surface area contributed by atoms with Crippen molar-refractivity contribution in [2.24, 2.45) is 11.5 Å². The topological polar surface area (TPSA) is 322 Å². The van der Waals surface area contributed by atoms with Crippen molar-refractivity contribution in [1.82, 2.24) is 10.6 Å². The number of hydrogen-bond acceptors (Lipinski definition) is 16. The molecule has 2 heterocycles. The smallest absolute Gasteiger partial charge is 0.413 e. The molecule has 2 saturated heterocycles. The molecule has 26 heteroatoms. The quantitative estimate of drug-likeness (QED) is 0.00943. The summed E-state index contributed by atoms with van der Waals surface area (Å²) >= 11 is 23.8. The molecule has 4 unspecified atom stereocenters. The number of allylic oxidation sites excluding steroid dienone is 8. The van der Waals surface area contributed by atoms with Crippen molar-refractivity contribution >= 4 is 116 Å². The first-order chi connectivity index (χ1) is 56.6. The van der Waals surface area contributed by atoms with Crippen LogP contribution in [0.1, 0.15) is 428 Å². The van der Waals surface area contributed by atoms with Crippen molar-refractivity contribution in [2.45, 2.75) is 452 Å². The van der Waals surface area contributed by atoms with E-state index >= 15 is 0 Å². The summed E-state index contributed by atoms with van der Waals surface area (Å²) in [6.07, 6.45) is 82.4. The van der Waals surface area contributed by atoms with Crippen LogP contribution in [0.25, 0.3) is 0 Å². The summed E-state index contributed by atoms with van der Waals surface area (Å²) < 4.78 is 30.7. The maximum absolute atomic E-state index is 12.1. The number of aliphatic carboxylic acids is 1. The molecule has 0 bridgehead atoms. The lowest BCUT2D eigenvalue weighted by Crippen LogP contribution is -2.34. The molecule has 0 aromatic rings. The number of carboxylic acids is 1. The van der Waals surface area contributed by atoms with E-state index in [1.807, 2.05) is 0 Å². The molecule has 6 amide bonds. The molecule has 2 rings (SSSR count). The summed E-state index contributed by atoms with van der Waals surface area (Å²) in [5.41, 5.74) is 9.60. The van der Waals surface area contributed by atoms with Crippen LogP contribution in [0, 0.1) is 0 Å². The van der Waals surface area contributed by atoms with E-state index in [0.29, 0.717) is 38.5 Å². The minimum atomic E-state index is -1.14. The number of alkyl halides is 2. The van der Waals surface area contributed by atoms with E-state index in [1.165, 1.54) is 244 Å². The predicted molar refractivity (Wildman–Crippen MR) is 494 cm³/mol. The number of rotatable bonds is 69. The lowest BCUT2D eigenvalue weighted by Gasteiger charge is -2.14. The summed E-state index contributed by atoms with van der Waals surface area (Å²) in [6, 6.07) is 0. The molecule has 698 valence electrons. The second kappa shape index (κ2) is 102. The number of amides is 6. The molecule has 119 heavy (non-hydrogen) atoms. The predicted octanol–water partition coefficient (Wildman–Crippen LogP) is 27.9. The average molecular weight is 1790 g/mol. The Bertz CT molecular complexity index is 2340. The second-order valence-corrected chi connectivity index (χ2v) is 32.1. The third-order valence-corrected chi connectivity index (χ3v) is 19.9. The van der Waals surface area contributed by atoms with E-state index < -0.39 is 40.8 Å². The molecule has 2 fully saturated rings. The van der Waals surface area contributed by atoms with Crippen LogP contribution in [0.2, 0.25) is 0 Å². The zero-order chi connectivity index (χ0) is 87.4. The van der Waals surface area contributed by atoms with Gasteiger partial charge in [0.25, 0.3) is 0 Å². The minimum Gasteiger partial charge on any atom is -0.481 e. The van der Waals surface area contributed by atoms with Gasteiger partial charge in [0.2, 0.25) is 17.1 Å². The van der Waals surface area contributed by atoms with Gasteiger partial charge in [0, 0.05) is 25.7 Å². The fourth-order valence-corrected chi connectivity index (χ4v) is 12.7. The van der Waals surface area contributed by atoms with Crippen molar-refractivity contribution < 1.29 is 81.5 Å². The Labute approximate surface area is 747 Å². The van der Waals surface area contributed by atoms with Crippen LogP contribution in [0.4, 0.5) is 19.2 Å². The van der Waals surface area contributed by atoms with Crippen LogP contribution in [0.15, 0.2) is 48.6 Å². The van der Waals surface area contributed by atoms with Gasteiger partial charge in [-0.05, 0) is 189 Å². The molecule has 4 atom stereocenters. The second-order valence-electron chi connectivity index (χ2n) is 30.2. The van der Waals surface area contributed by atoms with E-state index in [4.69, 9.17) is 70.3 Å². The van der Waals surface area contributed by atoms with Crippen LogP contribution in [0.3, 0.4) is 0 Å². The van der Waals surface area contributed by atoms with E-state index in [0.717, 1.165) is 103 Å². The summed E-state index contributed by atoms with van der Waals surface area (Å²) in [4.78, 5) is 109. The van der Waals surface area contributed by atoms with Gasteiger partial charge < -0.3 is 45.0 Å². The lowest BCUT2D eigenvalue weighted by molar-refractivity contribution is -0.137. The number of primary amides is 2. The Morgan fingerprint density at radius 3 is 0.714 bits per heavy atom. The molecule has 21 nitrogen and oxygen atoms in total. The maximum Gasteiger partial charge on any atom is 0.413 e. The van der Waals surface area contributed by atoms with Crippen LogP contribution in [-0.4, -0.2) is 119 Å². The first-order valence-electron chi connectivity index (χ1n) is 45.2. The van der Waals surface area contributed by atoms with Crippen LogP contribution >= 0.6 is 58.0 Å². The Morgan fingerprint density at radius 1 is 0.319 bits per heavy atom. The van der Waals surface area contributed by atoms with Gasteiger partial charge in [-0.3, -0.25) is 39.4 Å². The summed E-state index contributed by atoms with van der Waals surface area (Å²) in [6.45, 7) is 9.31. The molecule has 0 saturated carbocycles. The number of unbranched alkanes of at least 4 members (excludes halogenated alkanes) is 44. The van der Waals surface area contributed by atoms with Crippen LogP contribution in [0.5, 0.6) is 0 Å². The lowest BCUT2D eigenvalue weighted by atomic mass is 10.1. The fraction of sp³-hybridized carbons (Fsp3) is 0.806. The van der Waals surface area contributed by atoms with Crippen molar-refractivity contribution in [3.63, 3.8) is 0 Å². The van der Waals surface area contributed by atoms with Crippen LogP contribution in [-0.2, 0) is 57.2 Å². The zero-order valence-corrected chi connectivity index (χ0v) is 76.7. The summed E-state index contributed by atoms with van der Waals surface area (Å²) in [7, 11) is 0. The van der Waals surface area contributed by atoms with Gasteiger partial charge in [0.1, 0.15) is 26.4 Å². The van der Waals surface area contributed by atoms with Crippen molar-refractivity contribution in [3.8, 4) is 0 Å². The van der Waals surface area contributed by atoms with Gasteiger partial charge in [-0.25, -0.2) is 19.2 Å². The average Bonchev–Trinajstić information content (AvgIpc) is 1.77. The number of nitrogens with two attached hydrogens (primary N) is 2. The van der Waals surface area contributed by atoms with Gasteiger partial charge in [-0.1, -0.05) is 297 Å². The summed E-state index contributed by atoms with van der Waals surface area (Å²) in [5.74, 6) is -1.32. The first kappa shape index (κ1) is 125. The normalized spacial score (nSPS) is 14.4. The number of nitrogens with one attached hydrogen (secondary N) is 2. The third-order valence-electron chi connectivity index (χ3n) is 19.3. The molecule has 2 aliphatic heterocycles. The standard InChI is InChI=1S/C44H78N2O7.C18H33ClO.C18H34O2.C8H14N2O5.C2Cl2O2.CH2Cl2.2CH4/c1-3-5-7-9-11-13-15-17-19-21-23-25-27-29-31-33-41(47)45-43(49)51-37-39-35-36-40(53-39)38-52-44(50)46-42(48)34-32-30-28-26-24-22-20-18-16-14-12-10-8-6-4-2;2*1-2-3-4-5-6-7-8-9-10-11-12-13-14-15-16-17-18(19)20;9-7(11)13-3-5-1-2-6(15-5)4-14-8(10)12;3-1(5)2(4)6;2-1-3;;/h17-20,39-40H,3-16,21-38H2,1-2H3,(H,45,47,49)(H,46,48,50);9-10H,2-8,11-17H2,1H3;9-10H,2-8,11-17H2,1H3,(H,19,20);5-6H,1-4H2,(H2,9,11)(H2,10,12);;1H2;2*1H4/b19-17-,20-18-;2*10-9-;;;;;. The molecular weight excluding hydrogens is 1620 g/mol. The number of ether oxygens (including phenoxy) is 6. The molecule has 7 N–H and O–H groups in total. The van der Waals surface area contributed by atoms with E-state index in [9.17, 15) is 47.9 Å². The van der Waals surface area contributed by atoms with Crippen molar-refractivity contribution in [2.75, 3.05) is 31.8 Å². The van der Waals surface area contributed by atoms with Gasteiger partial charge in [-0.2, -0.15) is 0 Å². The first-order valence-corrected chi connectivity index (χ1v) is 47.4. The highest BCUT2D eigenvalue weighted by Crippen LogP contribution is 2.23. The van der Waals surface area contributed by atoms with Crippen molar-refractivity contribution in [1.29, 1.82) is 0 Å². The SMILES string of the molecule is C.C.CCCCCCCC/C=C\CCCCCCCC(=O)Cl.CCCCCCCC/C=C\CCCCCCCC(=O)NC(=O)OCC1CCC(COC(=O)NC(=O)CCCCCCC/C=C\CCCCCCCC)O1.CCCCCCCC/C=C\CCCCCCCC(=O)O.ClCCl.NC(=O)OCC1CCC(COC(N)=O)O1.O=C(Cl)C(=O)Cl. The Hall–Kier alpha value is -4.77. The number of carbonyl (C=O) groups excluding carboxylic acids is 9. The molecule has 0 radical (unpaired) electrons. The highest BCUT2D eigenvalue weighted by Gasteiger charge is 2.29. The Morgan fingerprint density at radius 2 is 0.513 bits per heavy atom. The molecule has 0 aliphatic carbocycles. The van der Waals surface area contributed by atoms with Gasteiger partial charge in [0.15, 0.2) is 0 Å². The highest BCUT2D eigenvalue weighted by molar-refractivity contribution is 6.97. The molecule has 0 aromatic heterocycles. The molecule has 0 spiro atoms. The molecular formula is C93H169Cl5N4O17.